The summed E-state index contributed by atoms with van der Waals surface area (Å²) in [5.74, 6) is 1.40. The van der Waals surface area contributed by atoms with E-state index >= 15 is 0 Å². The molecule has 0 aliphatic heterocycles. The summed E-state index contributed by atoms with van der Waals surface area (Å²) in [5, 5.41) is 0. The first-order valence-corrected chi connectivity index (χ1v) is 4.70. The van der Waals surface area contributed by atoms with Crippen molar-refractivity contribution in [2.75, 3.05) is 0 Å². The second-order valence-corrected chi connectivity index (χ2v) is 3.35. The van der Waals surface area contributed by atoms with Crippen LogP contribution in [0.1, 0.15) is 34.1 Å². The second-order valence-electron chi connectivity index (χ2n) is 3.35. The van der Waals surface area contributed by atoms with Gasteiger partial charge in [0, 0.05) is 13.8 Å². The van der Waals surface area contributed by atoms with E-state index in [9.17, 15) is 9.59 Å². The van der Waals surface area contributed by atoms with Crippen molar-refractivity contribution in [1.82, 2.24) is 0 Å². The van der Waals surface area contributed by atoms with E-state index < -0.39 is 23.6 Å². The number of hydrogen-bond donors (Lipinski definition) is 0. The predicted octanol–water partition coefficient (Wildman–Crippen LogP) is 1.28. The average Bonchev–Trinajstić information content (AvgIpc) is 2.12. The highest BCUT2D eigenvalue weighted by Crippen LogP contribution is 2.21. The Morgan fingerprint density at radius 1 is 1.40 bits per heavy atom. The Bertz CT molecular complexity index is 289. The van der Waals surface area contributed by atoms with E-state index in [0.29, 0.717) is 6.42 Å². The summed E-state index contributed by atoms with van der Waals surface area (Å²) in [6, 6.07) is 0. The third-order valence-electron chi connectivity index (χ3n) is 1.94. The van der Waals surface area contributed by atoms with Crippen molar-refractivity contribution in [2.45, 2.75) is 45.8 Å². The highest BCUT2D eigenvalue weighted by Gasteiger charge is 2.37. The molecule has 15 heavy (non-hydrogen) atoms. The zero-order valence-electron chi connectivity index (χ0n) is 9.49. The molecule has 0 N–H and O–H groups in total. The summed E-state index contributed by atoms with van der Waals surface area (Å²) >= 11 is 0. The van der Waals surface area contributed by atoms with Gasteiger partial charge in [-0.25, -0.2) is 0 Å². The monoisotopic (exact) mass is 212 g/mol. The van der Waals surface area contributed by atoms with Crippen LogP contribution in [0.3, 0.4) is 0 Å². The smallest absolute Gasteiger partial charge is 0.304 e. The Hall–Kier alpha value is -1.50. The van der Waals surface area contributed by atoms with E-state index in [0.717, 1.165) is 0 Å². The van der Waals surface area contributed by atoms with Gasteiger partial charge in [-0.3, -0.25) is 9.59 Å². The van der Waals surface area contributed by atoms with Crippen molar-refractivity contribution in [3.63, 3.8) is 0 Å². The van der Waals surface area contributed by atoms with Crippen LogP contribution >= 0.6 is 0 Å². The fourth-order valence-corrected chi connectivity index (χ4v) is 1.27. The van der Waals surface area contributed by atoms with E-state index in [1.807, 2.05) is 0 Å². The number of terminal acetylenes is 1. The van der Waals surface area contributed by atoms with Gasteiger partial charge in [-0.05, 0) is 13.3 Å². The molecule has 0 spiro atoms. The maximum atomic E-state index is 10.9. The van der Waals surface area contributed by atoms with Gasteiger partial charge in [-0.1, -0.05) is 12.8 Å². The molecule has 0 bridgehead atoms. The Kier molecular flexibility index (Phi) is 4.86. The minimum Gasteiger partial charge on any atom is -0.457 e. The minimum atomic E-state index is -1.20. The summed E-state index contributed by atoms with van der Waals surface area (Å²) in [7, 11) is 0. The van der Waals surface area contributed by atoms with Gasteiger partial charge in [-0.2, -0.15) is 0 Å². The second kappa shape index (κ2) is 5.40. The molecule has 0 unspecified atom stereocenters. The van der Waals surface area contributed by atoms with E-state index in [4.69, 9.17) is 15.9 Å². The van der Waals surface area contributed by atoms with Gasteiger partial charge < -0.3 is 9.47 Å². The summed E-state index contributed by atoms with van der Waals surface area (Å²) in [4.78, 5) is 21.7. The molecule has 0 aliphatic rings. The van der Waals surface area contributed by atoms with Gasteiger partial charge in [0.15, 0.2) is 6.10 Å². The zero-order chi connectivity index (χ0) is 12.1. The number of carbonyl (C=O) groups is 2. The van der Waals surface area contributed by atoms with Crippen molar-refractivity contribution in [3.05, 3.63) is 0 Å². The molecular formula is C11H16O4. The van der Waals surface area contributed by atoms with Crippen LogP contribution in [0.4, 0.5) is 0 Å². The third kappa shape index (κ3) is 4.03. The number of hydrogen-bond acceptors (Lipinski definition) is 4. The largest absolute Gasteiger partial charge is 0.457 e. The number of esters is 2. The third-order valence-corrected chi connectivity index (χ3v) is 1.94. The van der Waals surface area contributed by atoms with Crippen molar-refractivity contribution in [1.29, 1.82) is 0 Å². The first-order chi connectivity index (χ1) is 6.85. The van der Waals surface area contributed by atoms with Crippen molar-refractivity contribution in [3.8, 4) is 12.3 Å². The van der Waals surface area contributed by atoms with Crippen molar-refractivity contribution < 1.29 is 19.1 Å². The molecule has 0 aromatic rings. The van der Waals surface area contributed by atoms with Gasteiger partial charge in [0.25, 0.3) is 0 Å². The molecule has 0 aromatic heterocycles. The quantitative estimate of drug-likeness (QED) is 0.520. The number of ether oxygens (including phenoxy) is 2. The molecule has 0 radical (unpaired) electrons. The summed E-state index contributed by atoms with van der Waals surface area (Å²) in [6.07, 6.45) is 5.15. The van der Waals surface area contributed by atoms with Gasteiger partial charge in [0.05, 0.1) is 0 Å². The minimum absolute atomic E-state index is 0.449. The Balaban J connectivity index is 4.81. The highest BCUT2D eigenvalue weighted by atomic mass is 16.6. The van der Waals surface area contributed by atoms with Crippen LogP contribution in [0.25, 0.3) is 0 Å². The molecule has 4 heteroatoms. The van der Waals surface area contributed by atoms with Crippen LogP contribution in [0.2, 0.25) is 0 Å². The van der Waals surface area contributed by atoms with Crippen LogP contribution < -0.4 is 0 Å². The van der Waals surface area contributed by atoms with E-state index in [1.165, 1.54) is 13.8 Å². The fraction of sp³-hybridized carbons (Fsp3) is 0.636. The molecule has 0 rings (SSSR count). The molecule has 0 amide bonds. The molecule has 84 valence electrons. The summed E-state index contributed by atoms with van der Waals surface area (Å²) in [6.45, 7) is 5.89. The van der Waals surface area contributed by atoms with E-state index in [-0.39, 0.29) is 0 Å². The number of carbonyl (C=O) groups excluding carboxylic acids is 2. The lowest BCUT2D eigenvalue weighted by Gasteiger charge is -2.30. The SMILES string of the molecule is C#C[C@](C)(OC(C)=O)[C@@H](CC)OC(C)=O. The van der Waals surface area contributed by atoms with Gasteiger partial charge in [0.2, 0.25) is 5.60 Å². The average molecular weight is 212 g/mol. The first-order valence-electron chi connectivity index (χ1n) is 4.70. The number of rotatable bonds is 4. The molecule has 0 saturated carbocycles. The lowest BCUT2D eigenvalue weighted by Crippen LogP contribution is -2.44. The molecule has 0 heterocycles. The topological polar surface area (TPSA) is 52.6 Å². The normalized spacial score (nSPS) is 15.7. The van der Waals surface area contributed by atoms with Gasteiger partial charge >= 0.3 is 11.9 Å². The molecule has 0 aliphatic carbocycles. The zero-order valence-corrected chi connectivity index (χ0v) is 9.49. The molecule has 2 atom stereocenters. The van der Waals surface area contributed by atoms with Gasteiger partial charge in [-0.15, -0.1) is 6.42 Å². The fourth-order valence-electron chi connectivity index (χ4n) is 1.27. The van der Waals surface area contributed by atoms with Crippen LogP contribution in [0, 0.1) is 12.3 Å². The standard InChI is InChI=1S/C11H16O4/c1-6-10(14-8(3)12)11(5,7-2)15-9(4)13/h2,10H,6H2,1,3-5H3/t10-,11+/m1/s1. The molecule has 0 aromatic carbocycles. The lowest BCUT2D eigenvalue weighted by molar-refractivity contribution is -0.172. The van der Waals surface area contributed by atoms with Crippen LogP contribution in [-0.4, -0.2) is 23.6 Å². The van der Waals surface area contributed by atoms with Crippen molar-refractivity contribution in [2.24, 2.45) is 0 Å². The van der Waals surface area contributed by atoms with Crippen molar-refractivity contribution >= 4 is 11.9 Å². The van der Waals surface area contributed by atoms with E-state index in [2.05, 4.69) is 5.92 Å². The highest BCUT2D eigenvalue weighted by molar-refractivity contribution is 5.68. The Labute approximate surface area is 89.9 Å². The molecule has 0 fully saturated rings. The maximum absolute atomic E-state index is 10.9. The summed E-state index contributed by atoms with van der Waals surface area (Å²) < 4.78 is 9.99. The Morgan fingerprint density at radius 3 is 2.20 bits per heavy atom. The van der Waals surface area contributed by atoms with Crippen LogP contribution in [0.15, 0.2) is 0 Å². The Morgan fingerprint density at radius 2 is 1.93 bits per heavy atom. The summed E-state index contributed by atoms with van der Waals surface area (Å²) in [5.41, 5.74) is -1.20. The predicted molar refractivity (Wildman–Crippen MR) is 54.8 cm³/mol. The van der Waals surface area contributed by atoms with Gasteiger partial charge in [0.1, 0.15) is 0 Å². The van der Waals surface area contributed by atoms with Crippen LogP contribution in [0.5, 0.6) is 0 Å². The first kappa shape index (κ1) is 13.5. The van der Waals surface area contributed by atoms with E-state index in [1.54, 1.807) is 13.8 Å². The molecular weight excluding hydrogens is 196 g/mol. The molecule has 0 saturated heterocycles. The maximum Gasteiger partial charge on any atom is 0.304 e. The lowest BCUT2D eigenvalue weighted by atomic mass is 9.97. The molecule has 4 nitrogen and oxygen atoms in total. The van der Waals surface area contributed by atoms with Crippen LogP contribution in [-0.2, 0) is 19.1 Å².